The lowest BCUT2D eigenvalue weighted by molar-refractivity contribution is 0.0162. The number of nitrogens with one attached hydrogen (secondary N) is 1. The van der Waals surface area contributed by atoms with Gasteiger partial charge < -0.3 is 14.8 Å². The molecule has 2 aromatic carbocycles. The third-order valence-electron chi connectivity index (χ3n) is 4.69. The summed E-state index contributed by atoms with van der Waals surface area (Å²) in [7, 11) is 0. The highest BCUT2D eigenvalue weighted by Gasteiger charge is 2.23. The Balaban J connectivity index is 1.66. The normalized spacial score (nSPS) is 16.0. The Morgan fingerprint density at radius 1 is 1.11 bits per heavy atom. The molecule has 1 atom stereocenters. The van der Waals surface area contributed by atoms with Crippen molar-refractivity contribution in [3.63, 3.8) is 0 Å². The first-order chi connectivity index (χ1) is 13.5. The van der Waals surface area contributed by atoms with Crippen molar-refractivity contribution in [3.8, 4) is 5.75 Å². The second kappa shape index (κ2) is 9.92. The Kier molecular flexibility index (Phi) is 7.31. The third-order valence-corrected chi connectivity index (χ3v) is 4.94. The maximum atomic E-state index is 12.6. The number of morpholine rings is 1. The molecular formula is C22H27ClN2O3. The molecule has 1 saturated heterocycles. The maximum absolute atomic E-state index is 12.6. The summed E-state index contributed by atoms with van der Waals surface area (Å²) in [6.07, 6.45) is 0.105. The average Bonchev–Trinajstić information content (AvgIpc) is 2.70. The van der Waals surface area contributed by atoms with E-state index in [1.807, 2.05) is 50.2 Å². The smallest absolute Gasteiger partial charge is 0.251 e. The lowest BCUT2D eigenvalue weighted by atomic mass is 10.0. The number of halogens is 1. The van der Waals surface area contributed by atoms with Crippen LogP contribution in [-0.4, -0.2) is 49.8 Å². The fourth-order valence-corrected chi connectivity index (χ4v) is 3.41. The van der Waals surface area contributed by atoms with Gasteiger partial charge in [0.1, 0.15) is 5.75 Å². The largest absolute Gasteiger partial charge is 0.491 e. The fourth-order valence-electron chi connectivity index (χ4n) is 3.28. The van der Waals surface area contributed by atoms with E-state index in [1.165, 1.54) is 0 Å². The van der Waals surface area contributed by atoms with E-state index in [0.29, 0.717) is 30.3 Å². The van der Waals surface area contributed by atoms with Crippen molar-refractivity contribution in [2.24, 2.45) is 0 Å². The zero-order valence-corrected chi connectivity index (χ0v) is 17.1. The molecule has 1 aliphatic rings. The molecule has 0 saturated carbocycles. The van der Waals surface area contributed by atoms with Gasteiger partial charge in [-0.2, -0.15) is 0 Å². The SMILES string of the molecule is CC(C)Oc1ccc(C(=O)NCC(c2ccc(Cl)cc2)N2CCOCC2)cc1. The molecule has 2 aromatic rings. The van der Waals surface area contributed by atoms with E-state index < -0.39 is 0 Å². The number of carbonyl (C=O) groups is 1. The Morgan fingerprint density at radius 3 is 2.36 bits per heavy atom. The number of nitrogens with zero attached hydrogens (tertiary/aromatic N) is 1. The van der Waals surface area contributed by atoms with Crippen LogP contribution in [0.3, 0.4) is 0 Å². The molecule has 1 aliphatic heterocycles. The minimum absolute atomic E-state index is 0.0775. The molecule has 5 nitrogen and oxygen atoms in total. The van der Waals surface area contributed by atoms with Gasteiger partial charge in [-0.3, -0.25) is 9.69 Å². The molecular weight excluding hydrogens is 376 g/mol. The van der Waals surface area contributed by atoms with E-state index >= 15 is 0 Å². The third kappa shape index (κ3) is 5.71. The van der Waals surface area contributed by atoms with Crippen LogP contribution in [0.4, 0.5) is 0 Å². The van der Waals surface area contributed by atoms with E-state index in [-0.39, 0.29) is 18.1 Å². The number of amides is 1. The molecule has 0 aromatic heterocycles. The standard InChI is InChI=1S/C22H27ClN2O3/c1-16(2)28-20-9-5-18(6-10-20)22(26)24-15-21(25-11-13-27-14-12-25)17-3-7-19(23)8-4-17/h3-10,16,21H,11-15H2,1-2H3,(H,24,26). The first kappa shape index (κ1) is 20.6. The van der Waals surface area contributed by atoms with Crippen molar-refractivity contribution in [1.82, 2.24) is 10.2 Å². The number of hydrogen-bond donors (Lipinski definition) is 1. The number of hydrogen-bond acceptors (Lipinski definition) is 4. The molecule has 1 fully saturated rings. The number of carbonyl (C=O) groups excluding carboxylic acids is 1. The minimum Gasteiger partial charge on any atom is -0.491 e. The Labute approximate surface area is 171 Å². The summed E-state index contributed by atoms with van der Waals surface area (Å²) in [5.74, 6) is 0.669. The Bertz CT molecular complexity index is 756. The zero-order chi connectivity index (χ0) is 19.9. The predicted molar refractivity (Wildman–Crippen MR) is 111 cm³/mol. The van der Waals surface area contributed by atoms with Gasteiger partial charge in [0, 0.05) is 30.2 Å². The van der Waals surface area contributed by atoms with Gasteiger partial charge in [0.05, 0.1) is 25.4 Å². The summed E-state index contributed by atoms with van der Waals surface area (Å²) in [5, 5.41) is 3.78. The second-order valence-corrected chi connectivity index (χ2v) is 7.55. The quantitative estimate of drug-likeness (QED) is 0.762. The van der Waals surface area contributed by atoms with Crippen molar-refractivity contribution >= 4 is 17.5 Å². The van der Waals surface area contributed by atoms with Crippen LogP contribution in [0, 0.1) is 0 Å². The van der Waals surface area contributed by atoms with Gasteiger partial charge >= 0.3 is 0 Å². The van der Waals surface area contributed by atoms with Crippen LogP contribution in [0.1, 0.15) is 35.8 Å². The van der Waals surface area contributed by atoms with Crippen LogP contribution < -0.4 is 10.1 Å². The highest BCUT2D eigenvalue weighted by Crippen LogP contribution is 2.23. The molecule has 1 amide bonds. The molecule has 1 unspecified atom stereocenters. The summed E-state index contributed by atoms with van der Waals surface area (Å²) in [5.41, 5.74) is 1.75. The Hall–Kier alpha value is -2.08. The van der Waals surface area contributed by atoms with Gasteiger partial charge in [0.15, 0.2) is 0 Å². The molecule has 6 heteroatoms. The molecule has 1 heterocycles. The first-order valence-electron chi connectivity index (χ1n) is 9.65. The molecule has 0 aliphatic carbocycles. The summed E-state index contributed by atoms with van der Waals surface area (Å²) >= 11 is 6.04. The van der Waals surface area contributed by atoms with E-state index in [0.717, 1.165) is 24.4 Å². The van der Waals surface area contributed by atoms with Gasteiger partial charge in [-0.25, -0.2) is 0 Å². The van der Waals surface area contributed by atoms with Crippen LogP contribution in [0.5, 0.6) is 5.75 Å². The summed E-state index contributed by atoms with van der Waals surface area (Å²) in [6.45, 7) is 7.55. The zero-order valence-electron chi connectivity index (χ0n) is 16.4. The molecule has 0 bridgehead atoms. The number of rotatable bonds is 7. The molecule has 0 radical (unpaired) electrons. The van der Waals surface area contributed by atoms with Crippen molar-refractivity contribution < 1.29 is 14.3 Å². The van der Waals surface area contributed by atoms with E-state index in [1.54, 1.807) is 12.1 Å². The summed E-state index contributed by atoms with van der Waals surface area (Å²) in [6, 6.07) is 15.1. The van der Waals surface area contributed by atoms with Gasteiger partial charge in [-0.15, -0.1) is 0 Å². The monoisotopic (exact) mass is 402 g/mol. The molecule has 28 heavy (non-hydrogen) atoms. The van der Waals surface area contributed by atoms with E-state index in [2.05, 4.69) is 10.2 Å². The maximum Gasteiger partial charge on any atom is 0.251 e. The van der Waals surface area contributed by atoms with Crippen LogP contribution >= 0.6 is 11.6 Å². The Morgan fingerprint density at radius 2 is 1.75 bits per heavy atom. The summed E-state index contributed by atoms with van der Waals surface area (Å²) in [4.78, 5) is 15.0. The predicted octanol–water partition coefficient (Wildman–Crippen LogP) is 3.93. The molecule has 1 N–H and O–H groups in total. The molecule has 0 spiro atoms. The summed E-state index contributed by atoms with van der Waals surface area (Å²) < 4.78 is 11.1. The minimum atomic E-state index is -0.0941. The van der Waals surface area contributed by atoms with Crippen LogP contribution in [0.2, 0.25) is 5.02 Å². The van der Waals surface area contributed by atoms with Gasteiger partial charge in [0.25, 0.3) is 5.91 Å². The first-order valence-corrected chi connectivity index (χ1v) is 10.0. The number of benzene rings is 2. The van der Waals surface area contributed by atoms with Crippen LogP contribution in [-0.2, 0) is 4.74 Å². The fraction of sp³-hybridized carbons (Fsp3) is 0.409. The highest BCUT2D eigenvalue weighted by molar-refractivity contribution is 6.30. The second-order valence-electron chi connectivity index (χ2n) is 7.12. The van der Waals surface area contributed by atoms with Gasteiger partial charge in [-0.05, 0) is 55.8 Å². The van der Waals surface area contributed by atoms with E-state index in [9.17, 15) is 4.79 Å². The van der Waals surface area contributed by atoms with Crippen LogP contribution in [0.25, 0.3) is 0 Å². The topological polar surface area (TPSA) is 50.8 Å². The van der Waals surface area contributed by atoms with E-state index in [4.69, 9.17) is 21.1 Å². The van der Waals surface area contributed by atoms with Gasteiger partial charge in [-0.1, -0.05) is 23.7 Å². The van der Waals surface area contributed by atoms with Crippen molar-refractivity contribution in [2.45, 2.75) is 26.0 Å². The lowest BCUT2D eigenvalue weighted by Crippen LogP contribution is -2.43. The van der Waals surface area contributed by atoms with Gasteiger partial charge in [0.2, 0.25) is 0 Å². The van der Waals surface area contributed by atoms with Crippen molar-refractivity contribution in [1.29, 1.82) is 0 Å². The number of ether oxygens (including phenoxy) is 2. The highest BCUT2D eigenvalue weighted by atomic mass is 35.5. The molecule has 150 valence electrons. The molecule has 3 rings (SSSR count). The van der Waals surface area contributed by atoms with Crippen LogP contribution in [0.15, 0.2) is 48.5 Å². The lowest BCUT2D eigenvalue weighted by Gasteiger charge is -2.35. The van der Waals surface area contributed by atoms with Crippen molar-refractivity contribution in [2.75, 3.05) is 32.8 Å². The average molecular weight is 403 g/mol. The van der Waals surface area contributed by atoms with Crippen molar-refractivity contribution in [3.05, 3.63) is 64.7 Å².